The minimum Gasteiger partial charge on any atom is -0.493 e. The van der Waals surface area contributed by atoms with E-state index in [-0.39, 0.29) is 24.0 Å². The van der Waals surface area contributed by atoms with E-state index in [0.717, 1.165) is 62.3 Å². The third-order valence-corrected chi connectivity index (χ3v) is 5.17. The van der Waals surface area contributed by atoms with Crippen molar-refractivity contribution in [3.63, 3.8) is 0 Å². The Balaban J connectivity index is 0.00000392. The van der Waals surface area contributed by atoms with E-state index < -0.39 is 0 Å². The van der Waals surface area contributed by atoms with Crippen molar-refractivity contribution in [1.82, 2.24) is 20.4 Å². The van der Waals surface area contributed by atoms with Gasteiger partial charge in [-0.1, -0.05) is 13.0 Å². The van der Waals surface area contributed by atoms with E-state index in [1.807, 2.05) is 18.2 Å². The molecule has 0 radical (unpaired) electrons. The molecular weight excluding hydrogens is 469 g/mol. The lowest BCUT2D eigenvalue weighted by molar-refractivity contribution is 0.107. The van der Waals surface area contributed by atoms with Gasteiger partial charge in [0.1, 0.15) is 0 Å². The van der Waals surface area contributed by atoms with Crippen LogP contribution in [0.2, 0.25) is 0 Å². The van der Waals surface area contributed by atoms with Crippen LogP contribution in [0.15, 0.2) is 23.2 Å². The molecule has 0 bridgehead atoms. The number of nitrogens with zero attached hydrogens (tertiary/aromatic N) is 3. The molecule has 0 amide bonds. The molecule has 0 spiro atoms. The summed E-state index contributed by atoms with van der Waals surface area (Å²) in [5.41, 5.74) is 1.11. The van der Waals surface area contributed by atoms with Crippen LogP contribution in [0.3, 0.4) is 0 Å². The lowest BCUT2D eigenvalue weighted by Gasteiger charge is -2.37. The number of benzene rings is 1. The highest BCUT2D eigenvalue weighted by atomic mass is 127. The number of ether oxygens (including phenoxy) is 2. The largest absolute Gasteiger partial charge is 0.493 e. The van der Waals surface area contributed by atoms with Gasteiger partial charge in [0.05, 0.1) is 14.2 Å². The second-order valence-corrected chi connectivity index (χ2v) is 6.82. The van der Waals surface area contributed by atoms with Crippen molar-refractivity contribution in [3.8, 4) is 11.5 Å². The Labute approximate surface area is 186 Å². The lowest BCUT2D eigenvalue weighted by atomic mass is 10.2. The molecule has 160 valence electrons. The minimum atomic E-state index is 0. The predicted molar refractivity (Wildman–Crippen MR) is 126 cm³/mol. The molecule has 8 heteroatoms. The Bertz CT molecular complexity index is 606. The van der Waals surface area contributed by atoms with E-state index in [2.05, 4.69) is 39.3 Å². The summed E-state index contributed by atoms with van der Waals surface area (Å²) in [6.45, 7) is 11.8. The summed E-state index contributed by atoms with van der Waals surface area (Å²) in [5, 5.41) is 6.81. The first-order valence-electron chi connectivity index (χ1n) is 9.73. The van der Waals surface area contributed by atoms with E-state index in [0.29, 0.717) is 12.6 Å². The van der Waals surface area contributed by atoms with Gasteiger partial charge in [-0.15, -0.1) is 24.0 Å². The third-order valence-electron chi connectivity index (χ3n) is 5.17. The number of piperazine rings is 1. The summed E-state index contributed by atoms with van der Waals surface area (Å²) in [5.74, 6) is 2.28. The van der Waals surface area contributed by atoms with Crippen LogP contribution in [-0.4, -0.2) is 82.3 Å². The highest BCUT2D eigenvalue weighted by Gasteiger charge is 2.20. The van der Waals surface area contributed by atoms with Crippen molar-refractivity contribution in [2.75, 3.05) is 60.5 Å². The van der Waals surface area contributed by atoms with Crippen molar-refractivity contribution in [2.24, 2.45) is 4.99 Å². The molecule has 1 aliphatic rings. The van der Waals surface area contributed by atoms with Crippen molar-refractivity contribution >= 4 is 29.9 Å². The van der Waals surface area contributed by atoms with Crippen LogP contribution in [0.4, 0.5) is 0 Å². The van der Waals surface area contributed by atoms with Gasteiger partial charge in [-0.05, 0) is 31.2 Å². The van der Waals surface area contributed by atoms with Gasteiger partial charge in [0.15, 0.2) is 17.5 Å². The highest BCUT2D eigenvalue weighted by molar-refractivity contribution is 14.0. The molecule has 0 aromatic heterocycles. The molecule has 1 heterocycles. The van der Waals surface area contributed by atoms with E-state index in [9.17, 15) is 0 Å². The topological polar surface area (TPSA) is 61.4 Å². The molecule has 1 unspecified atom stereocenters. The van der Waals surface area contributed by atoms with Crippen LogP contribution >= 0.6 is 24.0 Å². The molecule has 1 aliphatic heterocycles. The Morgan fingerprint density at radius 2 is 1.79 bits per heavy atom. The number of likely N-dealkylation sites (N-methyl/N-ethyl adjacent to an activating group) is 1. The zero-order valence-electron chi connectivity index (χ0n) is 17.8. The number of methoxy groups -OCH3 is 2. The van der Waals surface area contributed by atoms with Crippen LogP contribution in [0, 0.1) is 0 Å². The maximum absolute atomic E-state index is 5.36. The maximum Gasteiger partial charge on any atom is 0.191 e. The number of hydrogen-bond acceptors (Lipinski definition) is 5. The fourth-order valence-corrected chi connectivity index (χ4v) is 3.29. The molecule has 7 nitrogen and oxygen atoms in total. The Kier molecular flexibility index (Phi) is 11.6. The molecular formula is C20H36IN5O2. The average molecular weight is 505 g/mol. The summed E-state index contributed by atoms with van der Waals surface area (Å²) < 4.78 is 10.6. The fraction of sp³-hybridized carbons (Fsp3) is 0.650. The van der Waals surface area contributed by atoms with Crippen LogP contribution in [0.1, 0.15) is 19.4 Å². The summed E-state index contributed by atoms with van der Waals surface area (Å²) in [6.07, 6.45) is 0. The summed E-state index contributed by atoms with van der Waals surface area (Å²) in [4.78, 5) is 9.38. The van der Waals surface area contributed by atoms with Gasteiger partial charge in [-0.2, -0.15) is 0 Å². The quantitative estimate of drug-likeness (QED) is 0.321. The van der Waals surface area contributed by atoms with Gasteiger partial charge in [0, 0.05) is 52.4 Å². The normalized spacial score (nSPS) is 16.8. The smallest absolute Gasteiger partial charge is 0.191 e. The van der Waals surface area contributed by atoms with Crippen molar-refractivity contribution < 1.29 is 9.47 Å². The van der Waals surface area contributed by atoms with Crippen LogP contribution < -0.4 is 20.1 Å². The summed E-state index contributed by atoms with van der Waals surface area (Å²) >= 11 is 0. The van der Waals surface area contributed by atoms with Crippen LogP contribution in [-0.2, 0) is 6.54 Å². The maximum atomic E-state index is 5.36. The molecule has 2 rings (SSSR count). The number of hydrogen-bond donors (Lipinski definition) is 2. The van der Waals surface area contributed by atoms with Gasteiger partial charge < -0.3 is 25.0 Å². The molecule has 1 aromatic rings. The SMILES string of the molecule is CCN1CCN(C(C)CNC(=NC)NCc2ccc(OC)c(OC)c2)CC1.I. The van der Waals surface area contributed by atoms with E-state index in [1.165, 1.54) is 0 Å². The van der Waals surface area contributed by atoms with Gasteiger partial charge in [-0.3, -0.25) is 9.89 Å². The lowest BCUT2D eigenvalue weighted by Crippen LogP contribution is -2.53. The monoisotopic (exact) mass is 505 g/mol. The molecule has 1 aromatic carbocycles. The van der Waals surface area contributed by atoms with Crippen LogP contribution in [0.25, 0.3) is 0 Å². The minimum absolute atomic E-state index is 0. The number of rotatable bonds is 8. The van der Waals surface area contributed by atoms with Gasteiger partial charge in [0.2, 0.25) is 0 Å². The van der Waals surface area contributed by atoms with Crippen molar-refractivity contribution in [3.05, 3.63) is 23.8 Å². The molecule has 0 saturated carbocycles. The van der Waals surface area contributed by atoms with Gasteiger partial charge in [-0.25, -0.2) is 0 Å². The first-order valence-corrected chi connectivity index (χ1v) is 9.73. The second-order valence-electron chi connectivity index (χ2n) is 6.82. The molecule has 2 N–H and O–H groups in total. The first-order chi connectivity index (χ1) is 13.1. The Hall–Kier alpha value is -1.26. The number of halogens is 1. The molecule has 1 saturated heterocycles. The zero-order valence-corrected chi connectivity index (χ0v) is 20.2. The number of nitrogens with one attached hydrogen (secondary N) is 2. The Morgan fingerprint density at radius 1 is 1.11 bits per heavy atom. The first kappa shape index (κ1) is 24.8. The highest BCUT2D eigenvalue weighted by Crippen LogP contribution is 2.27. The van der Waals surface area contributed by atoms with E-state index in [4.69, 9.17) is 9.47 Å². The fourth-order valence-electron chi connectivity index (χ4n) is 3.29. The number of aliphatic imine (C=N–C) groups is 1. The predicted octanol–water partition coefficient (Wildman–Crippen LogP) is 2.01. The third kappa shape index (κ3) is 7.29. The zero-order chi connectivity index (χ0) is 19.6. The van der Waals surface area contributed by atoms with Gasteiger partial charge >= 0.3 is 0 Å². The van der Waals surface area contributed by atoms with Crippen LogP contribution in [0.5, 0.6) is 11.5 Å². The molecule has 28 heavy (non-hydrogen) atoms. The molecule has 1 fully saturated rings. The average Bonchev–Trinajstić information content (AvgIpc) is 2.73. The van der Waals surface area contributed by atoms with E-state index >= 15 is 0 Å². The van der Waals surface area contributed by atoms with Crippen molar-refractivity contribution in [1.29, 1.82) is 0 Å². The number of guanidine groups is 1. The molecule has 0 aliphatic carbocycles. The Morgan fingerprint density at radius 3 is 2.36 bits per heavy atom. The standard InChI is InChI=1S/C20H35N5O2.HI/c1-6-24-9-11-25(12-10-24)16(2)14-22-20(21-3)23-15-17-7-8-18(26-4)19(13-17)27-5;/h7-8,13,16H,6,9-12,14-15H2,1-5H3,(H2,21,22,23);1H. The molecule has 1 atom stereocenters. The van der Waals surface area contributed by atoms with E-state index in [1.54, 1.807) is 21.3 Å². The van der Waals surface area contributed by atoms with Crippen molar-refractivity contribution in [2.45, 2.75) is 26.4 Å². The van der Waals surface area contributed by atoms with Gasteiger partial charge in [0.25, 0.3) is 0 Å². The summed E-state index contributed by atoms with van der Waals surface area (Å²) in [7, 11) is 5.09. The second kappa shape index (κ2) is 13.1. The summed E-state index contributed by atoms with van der Waals surface area (Å²) in [6, 6.07) is 6.40.